The normalized spacial score (nSPS) is 15.7. The van der Waals surface area contributed by atoms with Gasteiger partial charge in [-0.15, -0.1) is 0 Å². The quantitative estimate of drug-likeness (QED) is 0.708. The number of piperidine rings is 1. The second-order valence-corrected chi connectivity index (χ2v) is 6.76. The number of ether oxygens (including phenoxy) is 1. The summed E-state index contributed by atoms with van der Waals surface area (Å²) in [7, 11) is 1.89. The first kappa shape index (κ1) is 16.1. The maximum atomic E-state index is 12.8. The van der Waals surface area contributed by atoms with Gasteiger partial charge in [-0.25, -0.2) is 0 Å². The fourth-order valence-electron chi connectivity index (χ4n) is 3.30. The third-order valence-electron chi connectivity index (χ3n) is 4.73. The van der Waals surface area contributed by atoms with Crippen LogP contribution in [0.1, 0.15) is 23.3 Å². The highest BCUT2D eigenvalue weighted by Crippen LogP contribution is 2.24. The van der Waals surface area contributed by atoms with Crippen LogP contribution in [0.4, 0.5) is 0 Å². The number of rotatable bonds is 3. The number of aryl methyl sites for hydroxylation is 1. The predicted octanol–water partition coefficient (Wildman–Crippen LogP) is 4.11. The van der Waals surface area contributed by atoms with Gasteiger partial charge in [-0.2, -0.15) is 0 Å². The van der Waals surface area contributed by atoms with Gasteiger partial charge in [0.2, 0.25) is 0 Å². The Hall–Kier alpha value is -2.40. The number of hydrogen-bond acceptors (Lipinski definition) is 3. The summed E-state index contributed by atoms with van der Waals surface area (Å²) in [5.41, 5.74) is 2.34. The lowest BCUT2D eigenvalue weighted by Crippen LogP contribution is -2.42. The summed E-state index contributed by atoms with van der Waals surface area (Å²) in [5, 5.41) is 0.695. The molecule has 130 valence electrons. The molecule has 0 atom stereocenters. The molecule has 1 aliphatic rings. The van der Waals surface area contributed by atoms with E-state index in [1.54, 1.807) is 6.26 Å². The minimum absolute atomic E-state index is 0.0406. The van der Waals surface area contributed by atoms with Gasteiger partial charge in [-0.1, -0.05) is 11.6 Å². The number of carbonyl (C=O) groups is 1. The van der Waals surface area contributed by atoms with Crippen molar-refractivity contribution in [1.82, 2.24) is 9.47 Å². The Kier molecular flexibility index (Phi) is 4.17. The molecule has 3 aromatic rings. The van der Waals surface area contributed by atoms with Crippen LogP contribution in [-0.4, -0.2) is 34.6 Å². The molecule has 0 spiro atoms. The SMILES string of the molecule is Cn1c(C(=O)N2CCC(Oc3ccc(Cl)cc3)CC2)cc2occc21. The van der Waals surface area contributed by atoms with Gasteiger partial charge in [0, 0.05) is 50.1 Å². The van der Waals surface area contributed by atoms with Crippen LogP contribution in [-0.2, 0) is 7.05 Å². The topological polar surface area (TPSA) is 47.6 Å². The summed E-state index contributed by atoms with van der Waals surface area (Å²) in [6, 6.07) is 11.1. The predicted molar refractivity (Wildman–Crippen MR) is 96.2 cm³/mol. The van der Waals surface area contributed by atoms with E-state index in [0.29, 0.717) is 23.8 Å². The van der Waals surface area contributed by atoms with E-state index in [0.717, 1.165) is 29.7 Å². The van der Waals surface area contributed by atoms with Gasteiger partial charge in [0.05, 0.1) is 11.8 Å². The van der Waals surface area contributed by atoms with Crippen molar-refractivity contribution in [3.8, 4) is 5.75 Å². The average Bonchev–Trinajstić information content (AvgIpc) is 3.20. The Morgan fingerprint density at radius 2 is 1.92 bits per heavy atom. The third-order valence-corrected chi connectivity index (χ3v) is 4.98. The van der Waals surface area contributed by atoms with Gasteiger partial charge in [-0.05, 0) is 24.3 Å². The standard InChI is InChI=1S/C19H19ClN2O3/c1-21-16-8-11-24-18(16)12-17(21)19(23)22-9-6-15(7-10-22)25-14-4-2-13(20)3-5-14/h2-5,8,11-12,15H,6-7,9-10H2,1H3. The van der Waals surface area contributed by atoms with Gasteiger partial charge in [0.1, 0.15) is 17.5 Å². The molecule has 6 heteroatoms. The Labute approximate surface area is 150 Å². The first-order chi connectivity index (χ1) is 12.1. The van der Waals surface area contributed by atoms with E-state index in [9.17, 15) is 4.79 Å². The molecule has 1 saturated heterocycles. The minimum Gasteiger partial charge on any atom is -0.490 e. The summed E-state index contributed by atoms with van der Waals surface area (Å²) in [4.78, 5) is 14.7. The lowest BCUT2D eigenvalue weighted by molar-refractivity contribution is 0.0587. The molecule has 5 nitrogen and oxygen atoms in total. The van der Waals surface area contributed by atoms with E-state index in [1.165, 1.54) is 0 Å². The molecule has 25 heavy (non-hydrogen) atoms. The van der Waals surface area contributed by atoms with Crippen LogP contribution >= 0.6 is 11.6 Å². The van der Waals surface area contributed by atoms with Gasteiger partial charge >= 0.3 is 0 Å². The molecule has 0 bridgehead atoms. The summed E-state index contributed by atoms with van der Waals surface area (Å²) < 4.78 is 13.3. The molecule has 0 saturated carbocycles. The summed E-state index contributed by atoms with van der Waals surface area (Å²) in [6.07, 6.45) is 3.39. The average molecular weight is 359 g/mol. The number of benzene rings is 1. The number of likely N-dealkylation sites (tertiary alicyclic amines) is 1. The van der Waals surface area contributed by atoms with Crippen LogP contribution in [0.15, 0.2) is 47.1 Å². The molecule has 1 aliphatic heterocycles. The van der Waals surface area contributed by atoms with Gasteiger partial charge < -0.3 is 18.6 Å². The van der Waals surface area contributed by atoms with Crippen LogP contribution in [0.3, 0.4) is 0 Å². The molecule has 0 radical (unpaired) electrons. The molecule has 1 fully saturated rings. The maximum Gasteiger partial charge on any atom is 0.270 e. The van der Waals surface area contributed by atoms with E-state index in [-0.39, 0.29) is 12.0 Å². The van der Waals surface area contributed by atoms with Crippen LogP contribution in [0.2, 0.25) is 5.02 Å². The van der Waals surface area contributed by atoms with Crippen molar-refractivity contribution in [2.75, 3.05) is 13.1 Å². The second-order valence-electron chi connectivity index (χ2n) is 6.32. The highest BCUT2D eigenvalue weighted by atomic mass is 35.5. The minimum atomic E-state index is 0.0406. The van der Waals surface area contributed by atoms with E-state index in [2.05, 4.69) is 0 Å². The van der Waals surface area contributed by atoms with Crippen LogP contribution < -0.4 is 4.74 Å². The number of amides is 1. The maximum absolute atomic E-state index is 12.8. The zero-order chi connectivity index (χ0) is 17.4. The van der Waals surface area contributed by atoms with Crippen molar-refractivity contribution >= 4 is 28.6 Å². The second kappa shape index (κ2) is 6.48. The monoisotopic (exact) mass is 358 g/mol. The number of halogens is 1. The fraction of sp³-hybridized carbons (Fsp3) is 0.316. The lowest BCUT2D eigenvalue weighted by Gasteiger charge is -2.32. The molecule has 1 amide bonds. The van der Waals surface area contributed by atoms with Crippen molar-refractivity contribution in [3.63, 3.8) is 0 Å². The molecule has 3 heterocycles. The van der Waals surface area contributed by atoms with Gasteiger partial charge in [0.25, 0.3) is 5.91 Å². The Morgan fingerprint density at radius 1 is 1.20 bits per heavy atom. The number of fused-ring (bicyclic) bond motifs is 1. The first-order valence-electron chi connectivity index (χ1n) is 8.36. The molecule has 0 N–H and O–H groups in total. The Morgan fingerprint density at radius 3 is 2.60 bits per heavy atom. The van der Waals surface area contributed by atoms with Crippen molar-refractivity contribution in [2.24, 2.45) is 7.05 Å². The molecule has 0 unspecified atom stereocenters. The van der Waals surface area contributed by atoms with E-state index in [4.69, 9.17) is 20.8 Å². The van der Waals surface area contributed by atoms with E-state index in [1.807, 2.05) is 52.9 Å². The molecule has 1 aromatic carbocycles. The smallest absolute Gasteiger partial charge is 0.270 e. The van der Waals surface area contributed by atoms with Gasteiger partial charge in [0.15, 0.2) is 5.58 Å². The summed E-state index contributed by atoms with van der Waals surface area (Å²) >= 11 is 5.89. The largest absolute Gasteiger partial charge is 0.490 e. The Bertz CT molecular complexity index is 889. The van der Waals surface area contributed by atoms with Crippen molar-refractivity contribution < 1.29 is 13.9 Å². The zero-order valence-corrected chi connectivity index (χ0v) is 14.7. The van der Waals surface area contributed by atoms with Crippen LogP contribution in [0.25, 0.3) is 11.1 Å². The number of aromatic nitrogens is 1. The number of furan rings is 1. The van der Waals surface area contributed by atoms with E-state index < -0.39 is 0 Å². The summed E-state index contributed by atoms with van der Waals surface area (Å²) in [5.74, 6) is 0.857. The highest BCUT2D eigenvalue weighted by Gasteiger charge is 2.27. The van der Waals surface area contributed by atoms with E-state index >= 15 is 0 Å². The number of nitrogens with zero attached hydrogens (tertiary/aromatic N) is 2. The number of hydrogen-bond donors (Lipinski definition) is 0. The molecule has 2 aromatic heterocycles. The number of carbonyl (C=O) groups excluding carboxylic acids is 1. The third kappa shape index (κ3) is 3.12. The lowest BCUT2D eigenvalue weighted by atomic mass is 10.1. The highest BCUT2D eigenvalue weighted by molar-refractivity contribution is 6.30. The van der Waals surface area contributed by atoms with Crippen LogP contribution in [0.5, 0.6) is 5.75 Å². The zero-order valence-electron chi connectivity index (χ0n) is 13.9. The fourth-order valence-corrected chi connectivity index (χ4v) is 3.43. The molecule has 4 rings (SSSR count). The van der Waals surface area contributed by atoms with Crippen molar-refractivity contribution in [1.29, 1.82) is 0 Å². The molecular formula is C19H19ClN2O3. The van der Waals surface area contributed by atoms with Crippen LogP contribution in [0, 0.1) is 0 Å². The summed E-state index contributed by atoms with van der Waals surface area (Å²) in [6.45, 7) is 1.37. The van der Waals surface area contributed by atoms with Crippen molar-refractivity contribution in [2.45, 2.75) is 18.9 Å². The first-order valence-corrected chi connectivity index (χ1v) is 8.74. The molecular weight excluding hydrogens is 340 g/mol. The Balaban J connectivity index is 1.39. The molecule has 0 aliphatic carbocycles. The van der Waals surface area contributed by atoms with Gasteiger partial charge in [-0.3, -0.25) is 4.79 Å². The van der Waals surface area contributed by atoms with Crippen molar-refractivity contribution in [3.05, 3.63) is 53.4 Å².